The van der Waals surface area contributed by atoms with E-state index in [4.69, 9.17) is 10.5 Å². The van der Waals surface area contributed by atoms with Crippen LogP contribution in [0.1, 0.15) is 18.5 Å². The SMILES string of the molecule is COCC(N)C(=O)N1CCN(C(C)c2cccnc2)CC1.Cl.Cl.Cl. The van der Waals surface area contributed by atoms with Gasteiger partial charge >= 0.3 is 0 Å². The number of nitrogens with zero attached hydrogens (tertiary/aromatic N) is 3. The summed E-state index contributed by atoms with van der Waals surface area (Å²) in [6.45, 7) is 5.56. The zero-order valence-corrected chi connectivity index (χ0v) is 16.4. The van der Waals surface area contributed by atoms with Crippen molar-refractivity contribution in [3.05, 3.63) is 30.1 Å². The number of hydrogen-bond donors (Lipinski definition) is 1. The number of carbonyl (C=O) groups is 1. The van der Waals surface area contributed by atoms with Crippen LogP contribution in [-0.2, 0) is 9.53 Å². The number of hydrogen-bond acceptors (Lipinski definition) is 5. The second kappa shape index (κ2) is 12.7. The van der Waals surface area contributed by atoms with Crippen molar-refractivity contribution in [2.24, 2.45) is 5.73 Å². The fraction of sp³-hybridized carbons (Fsp3) is 0.600. The van der Waals surface area contributed by atoms with Crippen LogP contribution in [0.4, 0.5) is 0 Å². The molecule has 0 bridgehead atoms. The van der Waals surface area contributed by atoms with Crippen molar-refractivity contribution in [1.82, 2.24) is 14.8 Å². The van der Waals surface area contributed by atoms with Gasteiger partial charge in [0.15, 0.2) is 0 Å². The summed E-state index contributed by atoms with van der Waals surface area (Å²) in [6, 6.07) is 3.79. The van der Waals surface area contributed by atoms with Gasteiger partial charge < -0.3 is 15.4 Å². The summed E-state index contributed by atoms with van der Waals surface area (Å²) in [4.78, 5) is 20.5. The molecule has 0 spiro atoms. The fourth-order valence-electron chi connectivity index (χ4n) is 2.65. The smallest absolute Gasteiger partial charge is 0.241 e. The molecule has 1 saturated heterocycles. The van der Waals surface area contributed by atoms with E-state index >= 15 is 0 Å². The van der Waals surface area contributed by atoms with Gasteiger partial charge in [-0.15, -0.1) is 37.2 Å². The van der Waals surface area contributed by atoms with Crippen molar-refractivity contribution >= 4 is 43.1 Å². The van der Waals surface area contributed by atoms with Gasteiger partial charge in [-0.1, -0.05) is 6.07 Å². The number of halogens is 3. The highest BCUT2D eigenvalue weighted by molar-refractivity contribution is 5.86. The molecular formula is C15H27Cl3N4O2. The molecular weight excluding hydrogens is 375 g/mol. The molecule has 140 valence electrons. The predicted octanol–water partition coefficient (Wildman–Crippen LogP) is 1.53. The lowest BCUT2D eigenvalue weighted by Gasteiger charge is -2.38. The van der Waals surface area contributed by atoms with Gasteiger partial charge in [-0.25, -0.2) is 0 Å². The normalized spacial score (nSPS) is 16.9. The molecule has 0 radical (unpaired) electrons. The first-order valence-electron chi connectivity index (χ1n) is 7.30. The first kappa shape index (κ1) is 25.6. The molecule has 1 amide bonds. The third-order valence-corrected chi connectivity index (χ3v) is 4.00. The van der Waals surface area contributed by atoms with Gasteiger partial charge in [0, 0.05) is 51.7 Å². The molecule has 2 heterocycles. The summed E-state index contributed by atoms with van der Waals surface area (Å²) in [7, 11) is 1.56. The monoisotopic (exact) mass is 400 g/mol. The molecule has 2 unspecified atom stereocenters. The van der Waals surface area contributed by atoms with Crippen LogP contribution in [0.5, 0.6) is 0 Å². The summed E-state index contributed by atoms with van der Waals surface area (Å²) >= 11 is 0. The molecule has 24 heavy (non-hydrogen) atoms. The van der Waals surface area contributed by atoms with Crippen LogP contribution in [0.25, 0.3) is 0 Å². The highest BCUT2D eigenvalue weighted by Crippen LogP contribution is 2.20. The minimum Gasteiger partial charge on any atom is -0.383 e. The maximum atomic E-state index is 12.1. The van der Waals surface area contributed by atoms with Crippen molar-refractivity contribution in [3.63, 3.8) is 0 Å². The van der Waals surface area contributed by atoms with Crippen LogP contribution in [0.15, 0.2) is 24.5 Å². The summed E-state index contributed by atoms with van der Waals surface area (Å²) in [6.07, 6.45) is 3.68. The summed E-state index contributed by atoms with van der Waals surface area (Å²) in [5, 5.41) is 0. The minimum atomic E-state index is -0.558. The van der Waals surface area contributed by atoms with E-state index in [-0.39, 0.29) is 49.7 Å². The van der Waals surface area contributed by atoms with E-state index in [1.165, 1.54) is 5.56 Å². The lowest BCUT2D eigenvalue weighted by Crippen LogP contribution is -2.54. The Balaban J connectivity index is 0. The number of ether oxygens (including phenoxy) is 1. The van der Waals surface area contributed by atoms with Crippen molar-refractivity contribution in [2.75, 3.05) is 39.9 Å². The Morgan fingerprint density at radius 2 is 1.92 bits per heavy atom. The van der Waals surface area contributed by atoms with Crippen LogP contribution < -0.4 is 5.73 Å². The fourth-order valence-corrected chi connectivity index (χ4v) is 2.65. The van der Waals surface area contributed by atoms with E-state index < -0.39 is 6.04 Å². The first-order valence-corrected chi connectivity index (χ1v) is 7.30. The van der Waals surface area contributed by atoms with Gasteiger partial charge in [0.2, 0.25) is 5.91 Å². The van der Waals surface area contributed by atoms with E-state index in [1.54, 1.807) is 13.3 Å². The van der Waals surface area contributed by atoms with E-state index in [1.807, 2.05) is 17.2 Å². The molecule has 6 nitrogen and oxygen atoms in total. The largest absolute Gasteiger partial charge is 0.383 e. The van der Waals surface area contributed by atoms with E-state index in [2.05, 4.69) is 22.9 Å². The highest BCUT2D eigenvalue weighted by Gasteiger charge is 2.27. The van der Waals surface area contributed by atoms with Crippen LogP contribution in [0.3, 0.4) is 0 Å². The Bertz CT molecular complexity index is 459. The maximum absolute atomic E-state index is 12.1. The van der Waals surface area contributed by atoms with E-state index in [0.717, 1.165) is 13.1 Å². The third kappa shape index (κ3) is 6.70. The van der Waals surface area contributed by atoms with Gasteiger partial charge in [-0.05, 0) is 18.6 Å². The molecule has 1 aliphatic heterocycles. The molecule has 1 aliphatic rings. The molecule has 0 aliphatic carbocycles. The zero-order valence-electron chi connectivity index (χ0n) is 14.0. The average molecular weight is 402 g/mol. The van der Waals surface area contributed by atoms with Gasteiger partial charge in [-0.3, -0.25) is 14.7 Å². The van der Waals surface area contributed by atoms with Crippen LogP contribution in [0.2, 0.25) is 0 Å². The number of methoxy groups -OCH3 is 1. The van der Waals surface area contributed by atoms with E-state index in [0.29, 0.717) is 19.1 Å². The summed E-state index contributed by atoms with van der Waals surface area (Å²) < 4.78 is 4.94. The molecule has 2 rings (SSSR count). The number of aromatic nitrogens is 1. The van der Waals surface area contributed by atoms with Gasteiger partial charge in [0.05, 0.1) is 6.61 Å². The number of amides is 1. The van der Waals surface area contributed by atoms with Crippen molar-refractivity contribution in [3.8, 4) is 0 Å². The number of rotatable bonds is 5. The lowest BCUT2D eigenvalue weighted by atomic mass is 10.1. The summed E-state index contributed by atoms with van der Waals surface area (Å²) in [5.41, 5.74) is 7.01. The van der Waals surface area contributed by atoms with E-state index in [9.17, 15) is 4.79 Å². The third-order valence-electron chi connectivity index (χ3n) is 4.00. The maximum Gasteiger partial charge on any atom is 0.241 e. The molecule has 1 fully saturated rings. The van der Waals surface area contributed by atoms with Crippen LogP contribution in [-0.4, -0.2) is 66.6 Å². The molecule has 9 heteroatoms. The average Bonchev–Trinajstić information content (AvgIpc) is 2.54. The van der Waals surface area contributed by atoms with Crippen molar-refractivity contribution in [2.45, 2.75) is 19.0 Å². The molecule has 2 N–H and O–H groups in total. The molecule has 1 aromatic heterocycles. The zero-order chi connectivity index (χ0) is 15.2. The molecule has 1 aromatic rings. The Labute approximate surface area is 162 Å². The standard InChI is InChI=1S/C15H24N4O2.3ClH/c1-12(13-4-3-5-17-10-13)18-6-8-19(9-7-18)15(20)14(16)11-21-2;;;/h3-5,10,12,14H,6-9,11,16H2,1-2H3;3*1H. The highest BCUT2D eigenvalue weighted by atomic mass is 35.5. The number of nitrogens with two attached hydrogens (primary N) is 1. The van der Waals surface area contributed by atoms with Gasteiger partial charge in [-0.2, -0.15) is 0 Å². The number of carbonyl (C=O) groups excluding carboxylic acids is 1. The minimum absolute atomic E-state index is 0. The van der Waals surface area contributed by atoms with Gasteiger partial charge in [0.25, 0.3) is 0 Å². The Kier molecular flexibility index (Phi) is 13.5. The van der Waals surface area contributed by atoms with Gasteiger partial charge in [0.1, 0.15) is 6.04 Å². The first-order chi connectivity index (χ1) is 10.1. The number of piperazine rings is 1. The second-order valence-electron chi connectivity index (χ2n) is 5.39. The quantitative estimate of drug-likeness (QED) is 0.810. The van der Waals surface area contributed by atoms with Crippen molar-refractivity contribution in [1.29, 1.82) is 0 Å². The van der Waals surface area contributed by atoms with Crippen LogP contribution >= 0.6 is 37.2 Å². The van der Waals surface area contributed by atoms with Crippen molar-refractivity contribution < 1.29 is 9.53 Å². The Morgan fingerprint density at radius 3 is 2.42 bits per heavy atom. The summed E-state index contributed by atoms with van der Waals surface area (Å²) in [5.74, 6) is -0.0227. The molecule has 2 atom stereocenters. The van der Waals surface area contributed by atoms with Crippen LogP contribution in [0, 0.1) is 0 Å². The topological polar surface area (TPSA) is 71.7 Å². The Morgan fingerprint density at radius 1 is 1.29 bits per heavy atom. The molecule has 0 saturated carbocycles. The predicted molar refractivity (Wildman–Crippen MR) is 102 cm³/mol. The number of pyridine rings is 1. The Hall–Kier alpha value is -0.630. The lowest BCUT2D eigenvalue weighted by molar-refractivity contribution is -0.135. The second-order valence-corrected chi connectivity index (χ2v) is 5.39. The molecule has 0 aromatic carbocycles.